The lowest BCUT2D eigenvalue weighted by molar-refractivity contribution is 0.0747. The van der Waals surface area contributed by atoms with Gasteiger partial charge in [-0.2, -0.15) is 0 Å². The highest BCUT2D eigenvalue weighted by Crippen LogP contribution is 2.25. The van der Waals surface area contributed by atoms with Gasteiger partial charge in [-0.25, -0.2) is 0 Å². The number of hydrogen-bond donors (Lipinski definition) is 2. The SMILES string of the molecule is CNCC(O)C(=O)c1ccc(OC)cc1OC. The number of aliphatic hydroxyl groups excluding tert-OH is 1. The smallest absolute Gasteiger partial charge is 0.196 e. The number of rotatable bonds is 6. The van der Waals surface area contributed by atoms with E-state index in [1.54, 1.807) is 25.2 Å². The first-order valence-corrected chi connectivity index (χ1v) is 5.23. The largest absolute Gasteiger partial charge is 0.497 e. The molecule has 1 atom stereocenters. The maximum atomic E-state index is 11.9. The maximum absolute atomic E-state index is 11.9. The quantitative estimate of drug-likeness (QED) is 0.706. The molecule has 0 saturated carbocycles. The van der Waals surface area contributed by atoms with Gasteiger partial charge in [-0.15, -0.1) is 0 Å². The Morgan fingerprint density at radius 2 is 2.12 bits per heavy atom. The van der Waals surface area contributed by atoms with E-state index in [-0.39, 0.29) is 12.3 Å². The highest BCUT2D eigenvalue weighted by Gasteiger charge is 2.20. The lowest BCUT2D eigenvalue weighted by Crippen LogP contribution is -2.31. The van der Waals surface area contributed by atoms with Crippen molar-refractivity contribution in [2.75, 3.05) is 27.8 Å². The molecule has 17 heavy (non-hydrogen) atoms. The van der Waals surface area contributed by atoms with Gasteiger partial charge in [0, 0.05) is 12.6 Å². The summed E-state index contributed by atoms with van der Waals surface area (Å²) in [6.07, 6.45) is -1.08. The minimum atomic E-state index is -1.08. The van der Waals surface area contributed by atoms with Crippen LogP contribution >= 0.6 is 0 Å². The molecule has 0 radical (unpaired) electrons. The van der Waals surface area contributed by atoms with Crippen molar-refractivity contribution in [2.45, 2.75) is 6.10 Å². The molecule has 1 rings (SSSR count). The number of benzene rings is 1. The number of likely N-dealkylation sites (N-methyl/N-ethyl adjacent to an activating group) is 1. The molecule has 0 saturated heterocycles. The summed E-state index contributed by atoms with van der Waals surface area (Å²) in [5, 5.41) is 12.4. The third kappa shape index (κ3) is 3.18. The minimum Gasteiger partial charge on any atom is -0.497 e. The number of ketones is 1. The van der Waals surface area contributed by atoms with E-state index >= 15 is 0 Å². The predicted octanol–water partition coefficient (Wildman–Crippen LogP) is 0.467. The summed E-state index contributed by atoms with van der Waals surface area (Å²) >= 11 is 0. The van der Waals surface area contributed by atoms with Crippen LogP contribution in [0.3, 0.4) is 0 Å². The molecule has 0 aliphatic carbocycles. The summed E-state index contributed by atoms with van der Waals surface area (Å²) in [6.45, 7) is 0.202. The van der Waals surface area contributed by atoms with Gasteiger partial charge in [0.25, 0.3) is 0 Å². The Bertz CT molecular complexity index is 392. The second kappa shape index (κ2) is 6.22. The topological polar surface area (TPSA) is 67.8 Å². The third-order valence-corrected chi connectivity index (χ3v) is 2.37. The van der Waals surface area contributed by atoms with Gasteiger partial charge in [0.2, 0.25) is 0 Å². The molecule has 1 aromatic carbocycles. The number of methoxy groups -OCH3 is 2. The van der Waals surface area contributed by atoms with Crippen LogP contribution in [0.2, 0.25) is 0 Å². The summed E-state index contributed by atoms with van der Waals surface area (Å²) in [5.74, 6) is 0.616. The van der Waals surface area contributed by atoms with E-state index in [0.29, 0.717) is 17.1 Å². The molecule has 0 spiro atoms. The van der Waals surface area contributed by atoms with E-state index in [1.807, 2.05) is 0 Å². The molecule has 0 aliphatic heterocycles. The summed E-state index contributed by atoms with van der Waals surface area (Å²) in [7, 11) is 4.67. The molecule has 0 fully saturated rings. The molecule has 0 bridgehead atoms. The Morgan fingerprint density at radius 3 is 2.65 bits per heavy atom. The van der Waals surface area contributed by atoms with Gasteiger partial charge >= 0.3 is 0 Å². The van der Waals surface area contributed by atoms with E-state index in [9.17, 15) is 9.90 Å². The van der Waals surface area contributed by atoms with Crippen molar-refractivity contribution in [3.63, 3.8) is 0 Å². The Morgan fingerprint density at radius 1 is 1.41 bits per heavy atom. The number of aliphatic hydroxyl groups is 1. The minimum absolute atomic E-state index is 0.202. The Balaban J connectivity index is 3.00. The zero-order chi connectivity index (χ0) is 12.8. The van der Waals surface area contributed by atoms with E-state index in [1.165, 1.54) is 14.2 Å². The van der Waals surface area contributed by atoms with Crippen LogP contribution in [-0.2, 0) is 0 Å². The summed E-state index contributed by atoms with van der Waals surface area (Å²) in [6, 6.07) is 4.85. The molecule has 0 amide bonds. The number of carbonyl (C=O) groups excluding carboxylic acids is 1. The van der Waals surface area contributed by atoms with Crippen LogP contribution in [0.15, 0.2) is 18.2 Å². The van der Waals surface area contributed by atoms with Gasteiger partial charge in [0.1, 0.15) is 17.6 Å². The van der Waals surface area contributed by atoms with Crippen LogP contribution in [0.25, 0.3) is 0 Å². The predicted molar refractivity (Wildman–Crippen MR) is 63.8 cm³/mol. The summed E-state index contributed by atoms with van der Waals surface area (Å²) in [4.78, 5) is 11.9. The van der Waals surface area contributed by atoms with Crippen molar-refractivity contribution in [3.8, 4) is 11.5 Å². The molecule has 0 aliphatic rings. The van der Waals surface area contributed by atoms with Gasteiger partial charge in [0.05, 0.1) is 19.8 Å². The summed E-state index contributed by atoms with van der Waals surface area (Å²) < 4.78 is 10.1. The highest BCUT2D eigenvalue weighted by molar-refractivity contribution is 6.02. The van der Waals surface area contributed by atoms with Gasteiger partial charge in [0.15, 0.2) is 5.78 Å². The van der Waals surface area contributed by atoms with Crippen LogP contribution in [-0.4, -0.2) is 44.8 Å². The van der Waals surface area contributed by atoms with E-state index < -0.39 is 6.10 Å². The van der Waals surface area contributed by atoms with Crippen LogP contribution in [0.5, 0.6) is 11.5 Å². The molecule has 5 nitrogen and oxygen atoms in total. The van der Waals surface area contributed by atoms with Gasteiger partial charge in [-0.05, 0) is 19.2 Å². The number of carbonyl (C=O) groups is 1. The average Bonchev–Trinajstić information content (AvgIpc) is 2.37. The highest BCUT2D eigenvalue weighted by atomic mass is 16.5. The molecule has 2 N–H and O–H groups in total. The Labute approximate surface area is 100 Å². The van der Waals surface area contributed by atoms with Crippen LogP contribution in [0, 0.1) is 0 Å². The first kappa shape index (κ1) is 13.5. The third-order valence-electron chi connectivity index (χ3n) is 2.37. The lowest BCUT2D eigenvalue weighted by atomic mass is 10.0. The summed E-state index contributed by atoms with van der Waals surface area (Å²) in [5.41, 5.74) is 0.344. The fourth-order valence-electron chi connectivity index (χ4n) is 1.47. The molecule has 5 heteroatoms. The first-order valence-electron chi connectivity index (χ1n) is 5.23. The molecule has 1 unspecified atom stereocenters. The van der Waals surface area contributed by atoms with E-state index in [4.69, 9.17) is 9.47 Å². The first-order chi connectivity index (χ1) is 8.13. The number of nitrogens with one attached hydrogen (secondary N) is 1. The average molecular weight is 239 g/mol. The van der Waals surface area contributed by atoms with Crippen molar-refractivity contribution >= 4 is 5.78 Å². The second-order valence-corrected chi connectivity index (χ2v) is 3.50. The van der Waals surface area contributed by atoms with Gasteiger partial charge in [-0.3, -0.25) is 4.79 Å². The Hall–Kier alpha value is -1.59. The van der Waals surface area contributed by atoms with E-state index in [2.05, 4.69) is 5.32 Å². The van der Waals surface area contributed by atoms with Crippen molar-refractivity contribution in [1.82, 2.24) is 5.32 Å². The number of hydrogen-bond acceptors (Lipinski definition) is 5. The number of ether oxygens (including phenoxy) is 2. The van der Waals surface area contributed by atoms with Crippen LogP contribution in [0.1, 0.15) is 10.4 Å². The van der Waals surface area contributed by atoms with Crippen LogP contribution in [0.4, 0.5) is 0 Å². The van der Waals surface area contributed by atoms with Crippen molar-refractivity contribution in [3.05, 3.63) is 23.8 Å². The standard InChI is InChI=1S/C12H17NO4/c1-13-7-10(14)12(15)9-5-4-8(16-2)6-11(9)17-3/h4-6,10,13-14H,7H2,1-3H3. The van der Waals surface area contributed by atoms with E-state index in [0.717, 1.165) is 0 Å². The fourth-order valence-corrected chi connectivity index (χ4v) is 1.47. The second-order valence-electron chi connectivity index (χ2n) is 3.50. The molecular formula is C12H17NO4. The normalized spacial score (nSPS) is 12.0. The van der Waals surface area contributed by atoms with Gasteiger partial charge < -0.3 is 19.9 Å². The zero-order valence-electron chi connectivity index (χ0n) is 10.2. The van der Waals surface area contributed by atoms with Gasteiger partial charge in [-0.1, -0.05) is 0 Å². The molecule has 0 heterocycles. The fraction of sp³-hybridized carbons (Fsp3) is 0.417. The molecular weight excluding hydrogens is 222 g/mol. The molecule has 1 aromatic rings. The van der Waals surface area contributed by atoms with Crippen molar-refractivity contribution in [1.29, 1.82) is 0 Å². The number of Topliss-reactive ketones (excluding diaryl/α,β-unsaturated/α-hetero) is 1. The Kier molecular flexibility index (Phi) is 4.93. The molecule has 94 valence electrons. The monoisotopic (exact) mass is 239 g/mol. The lowest BCUT2D eigenvalue weighted by Gasteiger charge is -2.13. The maximum Gasteiger partial charge on any atom is 0.196 e. The van der Waals surface area contributed by atoms with Crippen molar-refractivity contribution < 1.29 is 19.4 Å². The van der Waals surface area contributed by atoms with Crippen molar-refractivity contribution in [2.24, 2.45) is 0 Å². The zero-order valence-corrected chi connectivity index (χ0v) is 10.2. The van der Waals surface area contributed by atoms with Crippen LogP contribution < -0.4 is 14.8 Å². The molecule has 0 aromatic heterocycles.